The molecule has 0 aromatic heterocycles. The number of unbranched alkanes of at least 4 members (excludes halogenated alkanes) is 9. The highest BCUT2D eigenvalue weighted by atomic mass is 16.5. The first kappa shape index (κ1) is 21.2. The fourth-order valence-electron chi connectivity index (χ4n) is 3.37. The van der Waals surface area contributed by atoms with Crippen molar-refractivity contribution in [3.8, 4) is 0 Å². The van der Waals surface area contributed by atoms with Crippen molar-refractivity contribution in [3.05, 3.63) is 12.7 Å². The first-order valence-corrected chi connectivity index (χ1v) is 10.2. The van der Waals surface area contributed by atoms with Crippen LogP contribution in [0.4, 0.5) is 0 Å². The molecule has 24 heavy (non-hydrogen) atoms. The number of rotatable bonds is 14. The topological polar surface area (TPSA) is 35.5 Å². The number of hydrogen-bond acceptors (Lipinski definition) is 3. The number of esters is 1. The highest BCUT2D eigenvalue weighted by Crippen LogP contribution is 2.24. The molecule has 0 spiro atoms. The Morgan fingerprint density at radius 2 is 1.38 bits per heavy atom. The van der Waals surface area contributed by atoms with E-state index < -0.39 is 0 Å². The lowest BCUT2D eigenvalue weighted by Gasteiger charge is -2.28. The Kier molecular flexibility index (Phi) is 12.8. The van der Waals surface area contributed by atoms with Crippen molar-refractivity contribution in [2.75, 3.05) is 6.61 Å². The second-order valence-corrected chi connectivity index (χ2v) is 7.09. The van der Waals surface area contributed by atoms with Gasteiger partial charge in [-0.25, -0.2) is 4.79 Å². The van der Waals surface area contributed by atoms with Crippen molar-refractivity contribution in [2.45, 2.75) is 109 Å². The van der Waals surface area contributed by atoms with Crippen molar-refractivity contribution in [3.63, 3.8) is 0 Å². The monoisotopic (exact) mass is 338 g/mol. The summed E-state index contributed by atoms with van der Waals surface area (Å²) >= 11 is 0. The Morgan fingerprint density at radius 1 is 0.875 bits per heavy atom. The van der Waals surface area contributed by atoms with Crippen molar-refractivity contribution in [2.24, 2.45) is 0 Å². The maximum atomic E-state index is 11.2. The lowest BCUT2D eigenvalue weighted by Crippen LogP contribution is -2.28. The minimum absolute atomic E-state index is 0.0627. The smallest absolute Gasteiger partial charge is 0.330 e. The Balaban J connectivity index is 1.85. The molecule has 0 amide bonds. The molecule has 3 nitrogen and oxygen atoms in total. The summed E-state index contributed by atoms with van der Waals surface area (Å²) in [5.41, 5.74) is 0. The third-order valence-corrected chi connectivity index (χ3v) is 4.92. The highest BCUT2D eigenvalue weighted by Gasteiger charge is 2.23. The molecule has 1 aliphatic rings. The van der Waals surface area contributed by atoms with Crippen molar-refractivity contribution in [1.82, 2.24) is 0 Å². The summed E-state index contributed by atoms with van der Waals surface area (Å²) in [7, 11) is 0. The molecule has 0 atom stereocenters. The zero-order chi connectivity index (χ0) is 17.5. The van der Waals surface area contributed by atoms with Gasteiger partial charge in [0.1, 0.15) is 6.10 Å². The Bertz CT molecular complexity index is 319. The van der Waals surface area contributed by atoms with Crippen LogP contribution in [-0.2, 0) is 14.3 Å². The first-order chi connectivity index (χ1) is 11.8. The summed E-state index contributed by atoms with van der Waals surface area (Å²) in [5.74, 6) is -0.301. The summed E-state index contributed by atoms with van der Waals surface area (Å²) in [6, 6.07) is 0. The van der Waals surface area contributed by atoms with Gasteiger partial charge in [0, 0.05) is 12.7 Å². The van der Waals surface area contributed by atoms with E-state index in [4.69, 9.17) is 9.47 Å². The molecule has 1 fully saturated rings. The fourth-order valence-corrected chi connectivity index (χ4v) is 3.37. The van der Waals surface area contributed by atoms with E-state index in [0.717, 1.165) is 32.3 Å². The third kappa shape index (κ3) is 10.9. The number of hydrogen-bond donors (Lipinski definition) is 0. The van der Waals surface area contributed by atoms with E-state index in [0.29, 0.717) is 6.10 Å². The zero-order valence-corrected chi connectivity index (χ0v) is 15.8. The van der Waals surface area contributed by atoms with Gasteiger partial charge in [-0.15, -0.1) is 0 Å². The van der Waals surface area contributed by atoms with Crippen LogP contribution in [0.15, 0.2) is 12.7 Å². The van der Waals surface area contributed by atoms with Gasteiger partial charge in [-0.1, -0.05) is 71.3 Å². The molecule has 0 aromatic carbocycles. The van der Waals surface area contributed by atoms with Crippen LogP contribution < -0.4 is 0 Å². The first-order valence-electron chi connectivity index (χ1n) is 10.2. The van der Waals surface area contributed by atoms with Gasteiger partial charge in [0.2, 0.25) is 0 Å². The molecule has 1 rings (SSSR count). The fraction of sp³-hybridized carbons (Fsp3) is 0.857. The summed E-state index contributed by atoms with van der Waals surface area (Å²) in [4.78, 5) is 11.2. The zero-order valence-electron chi connectivity index (χ0n) is 15.8. The number of carbonyl (C=O) groups is 1. The largest absolute Gasteiger partial charge is 0.459 e. The number of ether oxygens (including phenoxy) is 2. The van der Waals surface area contributed by atoms with E-state index in [1.165, 1.54) is 70.3 Å². The molecule has 1 saturated carbocycles. The van der Waals surface area contributed by atoms with Crippen LogP contribution >= 0.6 is 0 Å². The molecule has 0 unspecified atom stereocenters. The molecule has 0 aromatic rings. The van der Waals surface area contributed by atoms with Crippen LogP contribution in [0, 0.1) is 0 Å². The van der Waals surface area contributed by atoms with Gasteiger partial charge < -0.3 is 9.47 Å². The van der Waals surface area contributed by atoms with Gasteiger partial charge >= 0.3 is 5.97 Å². The van der Waals surface area contributed by atoms with Crippen LogP contribution in [0.3, 0.4) is 0 Å². The Morgan fingerprint density at radius 3 is 1.92 bits per heavy atom. The summed E-state index contributed by atoms with van der Waals surface area (Å²) in [5, 5.41) is 0. The number of carbonyl (C=O) groups excluding carboxylic acids is 1. The molecule has 0 heterocycles. The van der Waals surface area contributed by atoms with Gasteiger partial charge in [-0.3, -0.25) is 0 Å². The van der Waals surface area contributed by atoms with Gasteiger partial charge in [-0.05, 0) is 32.1 Å². The SMILES string of the molecule is C=CC(=O)OC1CCC(OCCCCCCCCCCCC)CC1. The predicted molar refractivity (Wildman–Crippen MR) is 100 cm³/mol. The molecule has 140 valence electrons. The molecular weight excluding hydrogens is 300 g/mol. The molecular formula is C21H38O3. The predicted octanol–water partition coefficient (Wildman–Crippen LogP) is 5.96. The minimum Gasteiger partial charge on any atom is -0.459 e. The Labute approximate surface area is 149 Å². The Hall–Kier alpha value is -0.830. The van der Waals surface area contributed by atoms with Gasteiger partial charge in [0.05, 0.1) is 6.10 Å². The normalized spacial score (nSPS) is 20.7. The molecule has 1 aliphatic carbocycles. The van der Waals surface area contributed by atoms with Crippen LogP contribution in [0.25, 0.3) is 0 Å². The second kappa shape index (κ2) is 14.5. The molecule has 0 radical (unpaired) electrons. The summed E-state index contributed by atoms with van der Waals surface area (Å²) < 4.78 is 11.3. The lowest BCUT2D eigenvalue weighted by molar-refractivity contribution is -0.145. The van der Waals surface area contributed by atoms with Crippen LogP contribution in [0.1, 0.15) is 96.8 Å². The van der Waals surface area contributed by atoms with E-state index >= 15 is 0 Å². The summed E-state index contributed by atoms with van der Waals surface area (Å²) in [6.45, 7) is 6.59. The standard InChI is InChI=1S/C21H38O3/c1-3-5-6-7-8-9-10-11-12-13-18-23-19-14-16-20(17-15-19)24-21(22)4-2/h4,19-20H,2-3,5-18H2,1H3. The van der Waals surface area contributed by atoms with Gasteiger partial charge in [0.15, 0.2) is 0 Å². The molecule has 3 heteroatoms. The van der Waals surface area contributed by atoms with Gasteiger partial charge in [-0.2, -0.15) is 0 Å². The molecule has 0 N–H and O–H groups in total. The summed E-state index contributed by atoms with van der Waals surface area (Å²) in [6.07, 6.45) is 19.1. The second-order valence-electron chi connectivity index (χ2n) is 7.09. The van der Waals surface area contributed by atoms with Gasteiger partial charge in [0.25, 0.3) is 0 Å². The molecule has 0 bridgehead atoms. The van der Waals surface area contributed by atoms with Crippen LogP contribution in [0.5, 0.6) is 0 Å². The lowest BCUT2D eigenvalue weighted by atomic mass is 9.95. The van der Waals surface area contributed by atoms with E-state index in [1.54, 1.807) is 0 Å². The minimum atomic E-state index is -0.301. The van der Waals surface area contributed by atoms with Crippen LogP contribution in [-0.4, -0.2) is 24.8 Å². The average molecular weight is 339 g/mol. The maximum absolute atomic E-state index is 11.2. The van der Waals surface area contributed by atoms with Crippen molar-refractivity contribution in [1.29, 1.82) is 0 Å². The van der Waals surface area contributed by atoms with E-state index in [-0.39, 0.29) is 12.1 Å². The molecule has 0 saturated heterocycles. The third-order valence-electron chi connectivity index (χ3n) is 4.92. The maximum Gasteiger partial charge on any atom is 0.330 e. The van der Waals surface area contributed by atoms with E-state index in [1.807, 2.05) is 0 Å². The highest BCUT2D eigenvalue weighted by molar-refractivity contribution is 5.81. The van der Waals surface area contributed by atoms with Crippen LogP contribution in [0.2, 0.25) is 0 Å². The van der Waals surface area contributed by atoms with Crippen molar-refractivity contribution >= 4 is 5.97 Å². The van der Waals surface area contributed by atoms with E-state index in [2.05, 4.69) is 13.5 Å². The molecule has 0 aliphatic heterocycles. The quantitative estimate of drug-likeness (QED) is 0.222. The average Bonchev–Trinajstić information content (AvgIpc) is 2.61. The van der Waals surface area contributed by atoms with Crippen molar-refractivity contribution < 1.29 is 14.3 Å². The van der Waals surface area contributed by atoms with E-state index in [9.17, 15) is 4.79 Å².